The van der Waals surface area contributed by atoms with Gasteiger partial charge in [0.2, 0.25) is 0 Å². The van der Waals surface area contributed by atoms with Crippen LogP contribution < -0.4 is 5.73 Å². The molecule has 0 bridgehead atoms. The number of nitrogens with two attached hydrogens (primary N) is 1. The highest BCUT2D eigenvalue weighted by Gasteiger charge is 2.29. The maximum absolute atomic E-state index is 5.69. The van der Waals surface area contributed by atoms with Gasteiger partial charge in [0.15, 0.2) is 0 Å². The molecule has 16 heavy (non-hydrogen) atoms. The van der Waals surface area contributed by atoms with Gasteiger partial charge in [-0.1, -0.05) is 19.1 Å². The fourth-order valence-corrected chi connectivity index (χ4v) is 3.00. The van der Waals surface area contributed by atoms with Gasteiger partial charge in [0, 0.05) is 25.0 Å². The molecule has 0 aliphatic carbocycles. The molecule has 2 rings (SSSR count). The van der Waals surface area contributed by atoms with Gasteiger partial charge in [0.25, 0.3) is 0 Å². The van der Waals surface area contributed by atoms with Gasteiger partial charge in [-0.05, 0) is 38.9 Å². The van der Waals surface area contributed by atoms with E-state index in [0.717, 1.165) is 12.6 Å². The van der Waals surface area contributed by atoms with Gasteiger partial charge in [0.1, 0.15) is 0 Å². The SMILES string of the molecule is CC(CN1CCCN2CCCC2C1)C(N)=S. The minimum atomic E-state index is 0.350. The standard InChI is InChI=1S/C12H23N3S/c1-10(12(13)16)8-14-5-3-7-15-6-2-4-11(15)9-14/h10-11H,2-9H2,1H3,(H2,13,16). The van der Waals surface area contributed by atoms with Crippen molar-refractivity contribution in [3.8, 4) is 0 Å². The first-order chi connectivity index (χ1) is 7.66. The van der Waals surface area contributed by atoms with Gasteiger partial charge >= 0.3 is 0 Å². The van der Waals surface area contributed by atoms with Crippen LogP contribution in [0.1, 0.15) is 26.2 Å². The number of thiocarbonyl (C=S) groups is 1. The van der Waals surface area contributed by atoms with Crippen molar-refractivity contribution >= 4 is 17.2 Å². The maximum Gasteiger partial charge on any atom is 0.0768 e. The van der Waals surface area contributed by atoms with Gasteiger partial charge < -0.3 is 10.6 Å². The maximum atomic E-state index is 5.69. The Morgan fingerprint density at radius 3 is 2.88 bits per heavy atom. The second kappa shape index (κ2) is 5.43. The van der Waals surface area contributed by atoms with Crippen LogP contribution in [-0.4, -0.2) is 53.6 Å². The molecule has 2 fully saturated rings. The van der Waals surface area contributed by atoms with Crippen molar-refractivity contribution < 1.29 is 0 Å². The number of nitrogens with zero attached hydrogens (tertiary/aromatic N) is 2. The van der Waals surface area contributed by atoms with E-state index in [1.165, 1.54) is 45.4 Å². The topological polar surface area (TPSA) is 32.5 Å². The first-order valence-corrected chi connectivity index (χ1v) is 6.83. The highest BCUT2D eigenvalue weighted by molar-refractivity contribution is 7.80. The van der Waals surface area contributed by atoms with Crippen LogP contribution in [0.4, 0.5) is 0 Å². The summed E-state index contributed by atoms with van der Waals surface area (Å²) in [7, 11) is 0. The smallest absolute Gasteiger partial charge is 0.0768 e. The van der Waals surface area contributed by atoms with Crippen LogP contribution in [0.3, 0.4) is 0 Å². The van der Waals surface area contributed by atoms with Crippen molar-refractivity contribution in [1.29, 1.82) is 0 Å². The van der Waals surface area contributed by atoms with Crippen molar-refractivity contribution in [1.82, 2.24) is 9.80 Å². The van der Waals surface area contributed by atoms with E-state index in [-0.39, 0.29) is 0 Å². The lowest BCUT2D eigenvalue weighted by Gasteiger charge is -2.27. The van der Waals surface area contributed by atoms with Crippen LogP contribution in [0.25, 0.3) is 0 Å². The molecule has 0 aromatic carbocycles. The highest BCUT2D eigenvalue weighted by Crippen LogP contribution is 2.21. The van der Waals surface area contributed by atoms with Crippen LogP contribution in [0, 0.1) is 5.92 Å². The molecule has 0 saturated carbocycles. The third-order valence-corrected chi connectivity index (χ3v) is 4.31. The molecule has 2 aliphatic heterocycles. The van der Waals surface area contributed by atoms with E-state index in [0.29, 0.717) is 10.9 Å². The van der Waals surface area contributed by atoms with Crippen molar-refractivity contribution in [2.45, 2.75) is 32.2 Å². The first kappa shape index (κ1) is 12.3. The summed E-state index contributed by atoms with van der Waals surface area (Å²) in [5, 5.41) is 0. The zero-order valence-electron chi connectivity index (χ0n) is 10.2. The summed E-state index contributed by atoms with van der Waals surface area (Å²) < 4.78 is 0. The molecular weight excluding hydrogens is 218 g/mol. The summed E-state index contributed by atoms with van der Waals surface area (Å²) in [6, 6.07) is 0.793. The molecule has 2 heterocycles. The second-order valence-corrected chi connectivity index (χ2v) is 5.72. The van der Waals surface area contributed by atoms with Crippen molar-refractivity contribution in [2.24, 2.45) is 11.7 Å². The molecular formula is C12H23N3S. The van der Waals surface area contributed by atoms with E-state index in [1.807, 2.05) is 0 Å². The second-order valence-electron chi connectivity index (χ2n) is 5.25. The Bertz CT molecular complexity index is 257. The van der Waals surface area contributed by atoms with Crippen LogP contribution in [-0.2, 0) is 0 Å². The van der Waals surface area contributed by atoms with Crippen LogP contribution in [0.5, 0.6) is 0 Å². The number of hydrogen-bond acceptors (Lipinski definition) is 3. The lowest BCUT2D eigenvalue weighted by atomic mass is 10.1. The minimum Gasteiger partial charge on any atom is -0.393 e. The lowest BCUT2D eigenvalue weighted by Crippen LogP contribution is -2.40. The van der Waals surface area contributed by atoms with Gasteiger partial charge in [0.05, 0.1) is 4.99 Å². The van der Waals surface area contributed by atoms with Gasteiger partial charge in [-0.3, -0.25) is 4.90 Å². The quantitative estimate of drug-likeness (QED) is 0.750. The van der Waals surface area contributed by atoms with Gasteiger partial charge in [-0.15, -0.1) is 0 Å². The molecule has 2 saturated heterocycles. The largest absolute Gasteiger partial charge is 0.393 e. The molecule has 0 spiro atoms. The van der Waals surface area contributed by atoms with Crippen molar-refractivity contribution in [3.63, 3.8) is 0 Å². The molecule has 2 atom stereocenters. The van der Waals surface area contributed by atoms with Crippen molar-refractivity contribution in [3.05, 3.63) is 0 Å². The zero-order valence-corrected chi connectivity index (χ0v) is 11.0. The van der Waals surface area contributed by atoms with Gasteiger partial charge in [-0.25, -0.2) is 0 Å². The third-order valence-electron chi connectivity index (χ3n) is 3.91. The third kappa shape index (κ3) is 2.93. The summed E-state index contributed by atoms with van der Waals surface area (Å²) in [5.41, 5.74) is 5.69. The Morgan fingerprint density at radius 1 is 1.38 bits per heavy atom. The van der Waals surface area contributed by atoms with E-state index in [1.54, 1.807) is 0 Å². The average Bonchev–Trinajstić information content (AvgIpc) is 2.57. The Balaban J connectivity index is 1.88. The minimum absolute atomic E-state index is 0.350. The van der Waals surface area contributed by atoms with E-state index in [4.69, 9.17) is 18.0 Å². The molecule has 2 aliphatic rings. The summed E-state index contributed by atoms with van der Waals surface area (Å²) in [6.07, 6.45) is 4.04. The van der Waals surface area contributed by atoms with Crippen LogP contribution in [0.2, 0.25) is 0 Å². The normalized spacial score (nSPS) is 29.7. The average molecular weight is 241 g/mol. The molecule has 0 aromatic rings. The number of hydrogen-bond donors (Lipinski definition) is 1. The molecule has 92 valence electrons. The predicted octanol–water partition coefficient (Wildman–Crippen LogP) is 1.08. The molecule has 2 N–H and O–H groups in total. The highest BCUT2D eigenvalue weighted by atomic mass is 32.1. The van der Waals surface area contributed by atoms with Crippen molar-refractivity contribution in [2.75, 3.05) is 32.7 Å². The van der Waals surface area contributed by atoms with E-state index in [9.17, 15) is 0 Å². The lowest BCUT2D eigenvalue weighted by molar-refractivity contribution is 0.213. The van der Waals surface area contributed by atoms with E-state index in [2.05, 4.69) is 16.7 Å². The molecule has 0 aromatic heterocycles. The number of fused-ring (bicyclic) bond motifs is 1. The van der Waals surface area contributed by atoms with E-state index >= 15 is 0 Å². The monoisotopic (exact) mass is 241 g/mol. The zero-order chi connectivity index (χ0) is 11.5. The molecule has 0 amide bonds. The fourth-order valence-electron chi connectivity index (χ4n) is 2.93. The first-order valence-electron chi connectivity index (χ1n) is 6.42. The fraction of sp³-hybridized carbons (Fsp3) is 0.917. The van der Waals surface area contributed by atoms with Crippen LogP contribution >= 0.6 is 12.2 Å². The number of rotatable bonds is 3. The Kier molecular flexibility index (Phi) is 4.16. The Labute approximate surface area is 104 Å². The summed E-state index contributed by atoms with van der Waals surface area (Å²) >= 11 is 5.05. The molecule has 3 nitrogen and oxygen atoms in total. The molecule has 2 unspecified atom stereocenters. The molecule has 0 radical (unpaired) electrons. The Hall–Kier alpha value is -0.190. The summed E-state index contributed by atoms with van der Waals surface area (Å²) in [5.74, 6) is 0.350. The summed E-state index contributed by atoms with van der Waals surface area (Å²) in [4.78, 5) is 5.87. The summed E-state index contributed by atoms with van der Waals surface area (Å²) in [6.45, 7) is 8.19. The predicted molar refractivity (Wildman–Crippen MR) is 71.6 cm³/mol. The Morgan fingerprint density at radius 2 is 2.12 bits per heavy atom. The van der Waals surface area contributed by atoms with Gasteiger partial charge in [-0.2, -0.15) is 0 Å². The molecule has 4 heteroatoms. The van der Waals surface area contributed by atoms with E-state index < -0.39 is 0 Å². The van der Waals surface area contributed by atoms with Crippen LogP contribution in [0.15, 0.2) is 0 Å².